The number of alkyl halides is 3. The van der Waals surface area contributed by atoms with E-state index in [0.29, 0.717) is 31.9 Å². The number of piperazine rings is 1. The minimum atomic E-state index is -4.38. The molecule has 2 saturated heterocycles. The molecule has 0 aromatic carbocycles. The smallest absolute Gasteiger partial charge is 0.351 e. The summed E-state index contributed by atoms with van der Waals surface area (Å²) in [4.78, 5) is 20.9. The van der Waals surface area contributed by atoms with Gasteiger partial charge >= 0.3 is 6.18 Å². The first-order valence-corrected chi connectivity index (χ1v) is 8.23. The second-order valence-corrected chi connectivity index (χ2v) is 6.54. The molecule has 1 amide bonds. The summed E-state index contributed by atoms with van der Waals surface area (Å²) < 4.78 is 50.9. The number of pyridine rings is 1. The average molecular weight is 360 g/mol. The molecule has 2 aliphatic heterocycles. The molecule has 25 heavy (non-hydrogen) atoms. The van der Waals surface area contributed by atoms with Crippen molar-refractivity contribution in [2.75, 3.05) is 37.6 Å². The molecular weight excluding hydrogens is 340 g/mol. The fourth-order valence-corrected chi connectivity index (χ4v) is 3.60. The fraction of sp³-hybridized carbons (Fsp3) is 0.625. The molecule has 1 aromatic rings. The van der Waals surface area contributed by atoms with E-state index in [4.69, 9.17) is 0 Å². The minimum absolute atomic E-state index is 0.0208. The Morgan fingerprint density at radius 1 is 1.24 bits per heavy atom. The van der Waals surface area contributed by atoms with Crippen LogP contribution in [0.3, 0.4) is 0 Å². The third-order valence-corrected chi connectivity index (χ3v) is 4.73. The molecule has 0 aliphatic carbocycles. The van der Waals surface area contributed by atoms with Gasteiger partial charge in [0.1, 0.15) is 12.4 Å². The highest BCUT2D eigenvalue weighted by atomic mass is 19.4. The van der Waals surface area contributed by atoms with Crippen LogP contribution in [0.25, 0.3) is 0 Å². The highest BCUT2D eigenvalue weighted by molar-refractivity contribution is 5.84. The van der Waals surface area contributed by atoms with Crippen molar-refractivity contribution in [3.05, 3.63) is 24.1 Å². The van der Waals surface area contributed by atoms with Gasteiger partial charge in [0.05, 0.1) is 6.04 Å². The lowest BCUT2D eigenvalue weighted by atomic mass is 10.1. The standard InChI is InChI=1S/C16H20F4N4O/c1-11-9-22(7-8-24(11)14-4-2-3-13(17)21-14)12-5-6-23(15(12)25)10-16(18,19)20/h2-4,11-12H,5-10H2,1H3. The first-order valence-electron chi connectivity index (χ1n) is 8.23. The third kappa shape index (κ3) is 4.02. The van der Waals surface area contributed by atoms with E-state index < -0.39 is 30.6 Å². The molecule has 138 valence electrons. The second kappa shape index (κ2) is 6.78. The van der Waals surface area contributed by atoms with E-state index in [1.54, 1.807) is 12.1 Å². The predicted octanol–water partition coefficient (Wildman–Crippen LogP) is 1.89. The van der Waals surface area contributed by atoms with Crippen molar-refractivity contribution in [2.24, 2.45) is 0 Å². The summed E-state index contributed by atoms with van der Waals surface area (Å²) in [6.45, 7) is 2.47. The molecule has 2 atom stereocenters. The first-order chi connectivity index (χ1) is 11.7. The van der Waals surface area contributed by atoms with Gasteiger partial charge in [-0.3, -0.25) is 9.69 Å². The van der Waals surface area contributed by atoms with E-state index in [-0.39, 0.29) is 12.6 Å². The Kier molecular flexibility index (Phi) is 4.86. The number of aromatic nitrogens is 1. The number of carbonyl (C=O) groups is 1. The Labute approximate surface area is 143 Å². The first kappa shape index (κ1) is 17.9. The fourth-order valence-electron chi connectivity index (χ4n) is 3.60. The van der Waals surface area contributed by atoms with Crippen LogP contribution in [0.2, 0.25) is 0 Å². The van der Waals surface area contributed by atoms with Crippen molar-refractivity contribution in [2.45, 2.75) is 31.6 Å². The summed E-state index contributed by atoms with van der Waals surface area (Å²) in [5.74, 6) is -0.480. The number of carbonyl (C=O) groups excluding carboxylic acids is 1. The molecule has 5 nitrogen and oxygen atoms in total. The van der Waals surface area contributed by atoms with Gasteiger partial charge in [-0.15, -0.1) is 0 Å². The van der Waals surface area contributed by atoms with E-state index in [1.807, 2.05) is 16.7 Å². The zero-order valence-electron chi connectivity index (χ0n) is 13.8. The Bertz CT molecular complexity index is 639. The van der Waals surface area contributed by atoms with Crippen LogP contribution in [0.15, 0.2) is 18.2 Å². The van der Waals surface area contributed by atoms with Crippen molar-refractivity contribution in [1.82, 2.24) is 14.8 Å². The van der Waals surface area contributed by atoms with Crippen LogP contribution in [0, 0.1) is 5.95 Å². The molecular formula is C16H20F4N4O. The normalized spacial score (nSPS) is 25.7. The van der Waals surface area contributed by atoms with Crippen molar-refractivity contribution >= 4 is 11.7 Å². The number of nitrogens with zero attached hydrogens (tertiary/aromatic N) is 4. The maximum atomic E-state index is 13.3. The molecule has 0 spiro atoms. The maximum absolute atomic E-state index is 13.3. The maximum Gasteiger partial charge on any atom is 0.406 e. The number of hydrogen-bond donors (Lipinski definition) is 0. The van der Waals surface area contributed by atoms with Crippen LogP contribution in [0.4, 0.5) is 23.4 Å². The molecule has 2 fully saturated rings. The lowest BCUT2D eigenvalue weighted by Gasteiger charge is -2.42. The predicted molar refractivity (Wildman–Crippen MR) is 83.6 cm³/mol. The van der Waals surface area contributed by atoms with E-state index >= 15 is 0 Å². The quantitative estimate of drug-likeness (QED) is 0.610. The highest BCUT2D eigenvalue weighted by Gasteiger charge is 2.42. The van der Waals surface area contributed by atoms with Crippen LogP contribution in [-0.2, 0) is 4.79 Å². The van der Waals surface area contributed by atoms with Crippen molar-refractivity contribution < 1.29 is 22.4 Å². The molecule has 1 aromatic heterocycles. The van der Waals surface area contributed by atoms with Gasteiger partial charge in [-0.05, 0) is 25.5 Å². The largest absolute Gasteiger partial charge is 0.406 e. The van der Waals surface area contributed by atoms with Crippen LogP contribution in [-0.4, -0.2) is 71.7 Å². The average Bonchev–Trinajstić information content (AvgIpc) is 2.86. The number of anilines is 1. The summed E-state index contributed by atoms with van der Waals surface area (Å²) >= 11 is 0. The van der Waals surface area contributed by atoms with E-state index in [9.17, 15) is 22.4 Å². The number of halogens is 4. The van der Waals surface area contributed by atoms with Gasteiger partial charge in [-0.25, -0.2) is 4.98 Å². The Hall–Kier alpha value is -1.90. The van der Waals surface area contributed by atoms with Crippen molar-refractivity contribution in [1.29, 1.82) is 0 Å². The summed E-state index contributed by atoms with van der Waals surface area (Å²) in [7, 11) is 0. The lowest BCUT2D eigenvalue weighted by molar-refractivity contribution is -0.159. The van der Waals surface area contributed by atoms with Crippen LogP contribution in [0.5, 0.6) is 0 Å². The Morgan fingerprint density at radius 3 is 2.64 bits per heavy atom. The molecule has 0 radical (unpaired) electrons. The topological polar surface area (TPSA) is 39.7 Å². The van der Waals surface area contributed by atoms with Gasteiger partial charge in [0.2, 0.25) is 11.9 Å². The summed E-state index contributed by atoms with van der Waals surface area (Å²) in [6, 6.07) is 4.06. The number of rotatable bonds is 3. The summed E-state index contributed by atoms with van der Waals surface area (Å²) in [5.41, 5.74) is 0. The SMILES string of the molecule is CC1CN(C2CCN(CC(F)(F)F)C2=O)CCN1c1cccc(F)n1. The number of amides is 1. The van der Waals surface area contributed by atoms with Gasteiger partial charge in [0.15, 0.2) is 0 Å². The van der Waals surface area contributed by atoms with Gasteiger partial charge in [0, 0.05) is 32.2 Å². The molecule has 0 bridgehead atoms. The van der Waals surface area contributed by atoms with Gasteiger partial charge in [0.25, 0.3) is 0 Å². The lowest BCUT2D eigenvalue weighted by Crippen LogP contribution is -2.57. The van der Waals surface area contributed by atoms with Crippen LogP contribution in [0.1, 0.15) is 13.3 Å². The van der Waals surface area contributed by atoms with Crippen molar-refractivity contribution in [3.63, 3.8) is 0 Å². The molecule has 3 rings (SSSR count). The Balaban J connectivity index is 1.63. The van der Waals surface area contributed by atoms with E-state index in [0.717, 1.165) is 4.90 Å². The van der Waals surface area contributed by atoms with E-state index in [1.165, 1.54) is 6.07 Å². The molecule has 2 aliphatic rings. The molecule has 2 unspecified atom stereocenters. The van der Waals surface area contributed by atoms with Gasteiger partial charge < -0.3 is 9.80 Å². The molecule has 0 N–H and O–H groups in total. The molecule has 9 heteroatoms. The summed E-state index contributed by atoms with van der Waals surface area (Å²) in [5, 5.41) is 0. The number of hydrogen-bond acceptors (Lipinski definition) is 4. The highest BCUT2D eigenvalue weighted by Crippen LogP contribution is 2.26. The van der Waals surface area contributed by atoms with Gasteiger partial charge in [-0.1, -0.05) is 6.07 Å². The number of likely N-dealkylation sites (tertiary alicyclic amines) is 1. The minimum Gasteiger partial charge on any atom is -0.351 e. The molecule has 3 heterocycles. The van der Waals surface area contributed by atoms with Crippen molar-refractivity contribution in [3.8, 4) is 0 Å². The monoisotopic (exact) mass is 360 g/mol. The van der Waals surface area contributed by atoms with Gasteiger partial charge in [-0.2, -0.15) is 17.6 Å². The molecule has 0 saturated carbocycles. The van der Waals surface area contributed by atoms with Crippen LogP contribution < -0.4 is 4.90 Å². The Morgan fingerprint density at radius 2 is 2.00 bits per heavy atom. The second-order valence-electron chi connectivity index (χ2n) is 6.54. The van der Waals surface area contributed by atoms with E-state index in [2.05, 4.69) is 4.98 Å². The summed E-state index contributed by atoms with van der Waals surface area (Å²) in [6.07, 6.45) is -3.97. The van der Waals surface area contributed by atoms with Crippen LogP contribution >= 0.6 is 0 Å². The zero-order valence-corrected chi connectivity index (χ0v) is 13.8. The third-order valence-electron chi connectivity index (χ3n) is 4.73. The zero-order chi connectivity index (χ0) is 18.2.